The van der Waals surface area contributed by atoms with Gasteiger partial charge in [-0.3, -0.25) is 9.69 Å². The molecule has 1 saturated carbocycles. The number of rotatable bonds is 8. The standard InChI is InChI=1S/C26H38N6O/c1-21-27-18-23(24(28-21)32-16-9-17-32)30(4)19-25(31(5)20-33)12-14-26(15-13-25,29(2)3)22-10-7-6-8-11-22/h6-8,10-11,18,20H,9,12-17,19H2,1-5H3/t25-,26+. The van der Waals surface area contributed by atoms with Crippen LogP contribution in [0.4, 0.5) is 11.5 Å². The molecular formula is C26H38N6O. The van der Waals surface area contributed by atoms with Gasteiger partial charge in [0.05, 0.1) is 17.4 Å². The van der Waals surface area contributed by atoms with Crippen LogP contribution in [0.25, 0.3) is 0 Å². The van der Waals surface area contributed by atoms with Gasteiger partial charge < -0.3 is 14.7 Å². The van der Waals surface area contributed by atoms with Crippen molar-refractivity contribution in [3.05, 3.63) is 47.9 Å². The summed E-state index contributed by atoms with van der Waals surface area (Å²) in [6.07, 6.45) is 8.02. The van der Waals surface area contributed by atoms with Crippen molar-refractivity contribution in [3.8, 4) is 0 Å². The van der Waals surface area contributed by atoms with Gasteiger partial charge in [0.25, 0.3) is 0 Å². The normalized spacial score (nSPS) is 25.0. The summed E-state index contributed by atoms with van der Waals surface area (Å²) in [6, 6.07) is 10.8. The van der Waals surface area contributed by atoms with Gasteiger partial charge in [0, 0.05) is 39.3 Å². The molecule has 0 bridgehead atoms. The second-order valence-corrected chi connectivity index (χ2v) is 10.1. The predicted octanol–water partition coefficient (Wildman–Crippen LogP) is 3.29. The minimum absolute atomic E-state index is 0.0111. The van der Waals surface area contributed by atoms with E-state index in [4.69, 9.17) is 4.98 Å². The maximum atomic E-state index is 12.0. The van der Waals surface area contributed by atoms with Crippen molar-refractivity contribution < 1.29 is 4.79 Å². The molecule has 2 fully saturated rings. The lowest BCUT2D eigenvalue weighted by atomic mass is 9.68. The van der Waals surface area contributed by atoms with Gasteiger partial charge in [-0.05, 0) is 58.7 Å². The molecule has 33 heavy (non-hydrogen) atoms. The van der Waals surface area contributed by atoms with E-state index >= 15 is 0 Å². The van der Waals surface area contributed by atoms with E-state index in [0.717, 1.165) is 69.1 Å². The quantitative estimate of drug-likeness (QED) is 0.576. The molecule has 1 aliphatic carbocycles. The van der Waals surface area contributed by atoms with Crippen molar-refractivity contribution >= 4 is 17.9 Å². The Bertz CT molecular complexity index is 951. The zero-order chi connectivity index (χ0) is 23.6. The molecule has 1 aromatic heterocycles. The Kier molecular flexibility index (Phi) is 6.61. The van der Waals surface area contributed by atoms with E-state index in [0.29, 0.717) is 0 Å². The Morgan fingerprint density at radius 3 is 2.24 bits per heavy atom. The minimum atomic E-state index is -0.234. The molecule has 0 spiro atoms. The predicted molar refractivity (Wildman–Crippen MR) is 134 cm³/mol. The van der Waals surface area contributed by atoms with Crippen LogP contribution in [0.15, 0.2) is 36.5 Å². The summed E-state index contributed by atoms with van der Waals surface area (Å²) in [5, 5.41) is 0. The van der Waals surface area contributed by atoms with Gasteiger partial charge >= 0.3 is 0 Å². The van der Waals surface area contributed by atoms with Crippen molar-refractivity contribution in [2.75, 3.05) is 57.6 Å². The molecule has 2 aromatic rings. The second-order valence-electron chi connectivity index (χ2n) is 10.1. The molecule has 0 atom stereocenters. The van der Waals surface area contributed by atoms with Gasteiger partial charge in [-0.25, -0.2) is 9.97 Å². The summed E-state index contributed by atoms with van der Waals surface area (Å²) in [4.78, 5) is 30.2. The summed E-state index contributed by atoms with van der Waals surface area (Å²) in [5.74, 6) is 1.81. The topological polar surface area (TPSA) is 55.8 Å². The fourth-order valence-corrected chi connectivity index (χ4v) is 5.61. The second kappa shape index (κ2) is 9.29. The first-order valence-corrected chi connectivity index (χ1v) is 12.0. The Morgan fingerprint density at radius 1 is 1.03 bits per heavy atom. The molecule has 1 amide bonds. The molecule has 0 N–H and O–H groups in total. The summed E-state index contributed by atoms with van der Waals surface area (Å²) in [5.41, 5.74) is 2.16. The number of carbonyl (C=O) groups is 1. The molecule has 178 valence electrons. The third kappa shape index (κ3) is 4.31. The van der Waals surface area contributed by atoms with E-state index in [2.05, 4.69) is 71.2 Å². The Balaban J connectivity index is 1.61. The average Bonchev–Trinajstić information content (AvgIpc) is 2.78. The first-order valence-electron chi connectivity index (χ1n) is 12.0. The summed E-state index contributed by atoms with van der Waals surface area (Å²) in [6.45, 7) is 4.78. The molecule has 1 aliphatic heterocycles. The zero-order valence-corrected chi connectivity index (χ0v) is 20.8. The maximum Gasteiger partial charge on any atom is 0.209 e. The van der Waals surface area contributed by atoms with Crippen LogP contribution in [0.5, 0.6) is 0 Å². The molecule has 2 aliphatic rings. The lowest BCUT2D eigenvalue weighted by Crippen LogP contribution is -2.59. The number of amides is 1. The Labute approximate surface area is 198 Å². The highest BCUT2D eigenvalue weighted by Crippen LogP contribution is 2.47. The third-order valence-corrected chi connectivity index (χ3v) is 8.05. The minimum Gasteiger partial charge on any atom is -0.368 e. The number of nitrogens with zero attached hydrogens (tertiary/aromatic N) is 6. The van der Waals surface area contributed by atoms with Crippen LogP contribution in [-0.2, 0) is 10.3 Å². The van der Waals surface area contributed by atoms with E-state index < -0.39 is 0 Å². The zero-order valence-electron chi connectivity index (χ0n) is 20.8. The lowest BCUT2D eigenvalue weighted by Gasteiger charge is -2.53. The SMILES string of the molecule is Cc1ncc(N(C)C[C@]2(N(C)C=O)CC[C@@](c3ccccc3)(N(C)C)CC2)c(N2CCC2)n1. The van der Waals surface area contributed by atoms with E-state index in [1.54, 1.807) is 0 Å². The monoisotopic (exact) mass is 450 g/mol. The molecule has 7 nitrogen and oxygen atoms in total. The van der Waals surface area contributed by atoms with Crippen LogP contribution < -0.4 is 9.80 Å². The molecule has 4 rings (SSSR count). The van der Waals surface area contributed by atoms with Crippen LogP contribution in [0, 0.1) is 6.92 Å². The molecule has 1 aromatic carbocycles. The summed E-state index contributed by atoms with van der Waals surface area (Å²) >= 11 is 0. The number of hydrogen-bond acceptors (Lipinski definition) is 6. The number of anilines is 2. The molecular weight excluding hydrogens is 412 g/mol. The fourth-order valence-electron chi connectivity index (χ4n) is 5.61. The van der Waals surface area contributed by atoms with E-state index in [9.17, 15) is 4.79 Å². The highest BCUT2D eigenvalue weighted by molar-refractivity contribution is 5.67. The Hall–Kier alpha value is -2.67. The number of benzene rings is 1. The average molecular weight is 451 g/mol. The van der Waals surface area contributed by atoms with Gasteiger partial charge in [-0.2, -0.15) is 0 Å². The number of hydrogen-bond donors (Lipinski definition) is 0. The van der Waals surface area contributed by atoms with Gasteiger partial charge in [-0.15, -0.1) is 0 Å². The van der Waals surface area contributed by atoms with Crippen LogP contribution in [0.2, 0.25) is 0 Å². The van der Waals surface area contributed by atoms with Gasteiger partial charge in [0.2, 0.25) is 6.41 Å². The Morgan fingerprint density at radius 2 is 1.70 bits per heavy atom. The van der Waals surface area contributed by atoms with E-state index in [-0.39, 0.29) is 11.1 Å². The van der Waals surface area contributed by atoms with Crippen molar-refractivity contribution in [1.29, 1.82) is 0 Å². The van der Waals surface area contributed by atoms with Crippen molar-refractivity contribution in [2.24, 2.45) is 0 Å². The number of aryl methyl sites for hydroxylation is 1. The van der Waals surface area contributed by atoms with Gasteiger partial charge in [0.15, 0.2) is 5.82 Å². The van der Waals surface area contributed by atoms with E-state index in [1.807, 2.05) is 25.1 Å². The van der Waals surface area contributed by atoms with E-state index in [1.165, 1.54) is 12.0 Å². The van der Waals surface area contributed by atoms with Gasteiger partial charge in [0.1, 0.15) is 5.82 Å². The summed E-state index contributed by atoms with van der Waals surface area (Å²) in [7, 11) is 8.41. The van der Waals surface area contributed by atoms with Crippen LogP contribution in [-0.4, -0.2) is 79.5 Å². The molecule has 0 radical (unpaired) electrons. The first-order chi connectivity index (χ1) is 15.8. The largest absolute Gasteiger partial charge is 0.368 e. The molecule has 1 saturated heterocycles. The number of likely N-dealkylation sites (N-methyl/N-ethyl adjacent to an activating group) is 2. The van der Waals surface area contributed by atoms with Crippen LogP contribution >= 0.6 is 0 Å². The maximum absolute atomic E-state index is 12.0. The third-order valence-electron chi connectivity index (χ3n) is 8.05. The van der Waals surface area contributed by atoms with Crippen molar-refractivity contribution in [1.82, 2.24) is 19.8 Å². The van der Waals surface area contributed by atoms with Gasteiger partial charge in [-0.1, -0.05) is 30.3 Å². The van der Waals surface area contributed by atoms with Crippen molar-refractivity contribution in [2.45, 2.75) is 50.1 Å². The van der Waals surface area contributed by atoms with Crippen molar-refractivity contribution in [3.63, 3.8) is 0 Å². The first kappa shape index (κ1) is 23.5. The smallest absolute Gasteiger partial charge is 0.209 e. The fraction of sp³-hybridized carbons (Fsp3) is 0.577. The molecule has 0 unspecified atom stereocenters. The van der Waals surface area contributed by atoms with Crippen LogP contribution in [0.3, 0.4) is 0 Å². The molecule has 7 heteroatoms. The summed E-state index contributed by atoms with van der Waals surface area (Å²) < 4.78 is 0. The number of carbonyl (C=O) groups excluding carboxylic acids is 1. The highest BCUT2D eigenvalue weighted by Gasteiger charge is 2.47. The lowest BCUT2D eigenvalue weighted by molar-refractivity contribution is -0.124. The molecule has 2 heterocycles. The highest BCUT2D eigenvalue weighted by atomic mass is 16.1. The number of aromatic nitrogens is 2. The van der Waals surface area contributed by atoms with Crippen LogP contribution in [0.1, 0.15) is 43.5 Å².